The van der Waals surface area contributed by atoms with E-state index >= 15 is 0 Å². The molecule has 1 unspecified atom stereocenters. The van der Waals surface area contributed by atoms with Gasteiger partial charge < -0.3 is 9.32 Å². The van der Waals surface area contributed by atoms with Gasteiger partial charge in [0.2, 0.25) is 0 Å². The van der Waals surface area contributed by atoms with Crippen molar-refractivity contribution in [3.63, 3.8) is 0 Å². The first-order valence-corrected chi connectivity index (χ1v) is 19.4. The molecule has 0 aliphatic heterocycles. The lowest BCUT2D eigenvalue weighted by molar-refractivity contribution is 0.546. The Labute approximate surface area is 322 Å². The van der Waals surface area contributed by atoms with Crippen molar-refractivity contribution >= 4 is 28.3 Å². The lowest BCUT2D eigenvalue weighted by Gasteiger charge is -2.30. The standard InChI is InChI=1S/C50H42N4O/c1-31-22-25-39(44(28-31)54(4)43-20-12-9-16-35(43)33-24-27-42-40(29-33)36-17-8-11-19-41(36)50(42,2)3)49-52-47(32-14-6-5-7-15-32)51-48(53-49)34-23-26-38-37-18-10-13-21-45(37)55-46(38)30-34/h5-12,14-20,23-31H,13,21-22H2,1-4H3. The summed E-state index contributed by atoms with van der Waals surface area (Å²) < 4.78 is 6.37. The number of likely N-dealkylation sites (N-methyl/N-ethyl adjacent to an activating group) is 1. The van der Waals surface area contributed by atoms with Crippen molar-refractivity contribution in [2.24, 2.45) is 5.92 Å². The molecular weight excluding hydrogens is 673 g/mol. The van der Waals surface area contributed by atoms with Crippen LogP contribution in [0.3, 0.4) is 0 Å². The Morgan fingerprint density at radius 3 is 2.25 bits per heavy atom. The molecule has 0 saturated heterocycles. The molecular formula is C50H42N4O. The van der Waals surface area contributed by atoms with Crippen LogP contribution >= 0.6 is 0 Å². The fraction of sp³-hybridized carbons (Fsp3) is 0.180. The molecule has 5 aromatic carbocycles. The number of rotatable bonds is 6. The maximum Gasteiger partial charge on any atom is 0.165 e. The molecule has 55 heavy (non-hydrogen) atoms. The molecule has 0 amide bonds. The molecule has 5 heteroatoms. The highest BCUT2D eigenvalue weighted by Gasteiger charge is 2.35. The summed E-state index contributed by atoms with van der Waals surface area (Å²) in [5.74, 6) is 3.32. The number of hydrogen-bond acceptors (Lipinski definition) is 5. The summed E-state index contributed by atoms with van der Waals surface area (Å²) in [4.78, 5) is 17.8. The van der Waals surface area contributed by atoms with Gasteiger partial charge in [-0.05, 0) is 70.8 Å². The van der Waals surface area contributed by atoms with E-state index in [-0.39, 0.29) is 5.41 Å². The Balaban J connectivity index is 1.07. The molecule has 7 aromatic rings. The van der Waals surface area contributed by atoms with Crippen LogP contribution in [-0.2, 0) is 11.8 Å². The van der Waals surface area contributed by atoms with E-state index in [4.69, 9.17) is 19.4 Å². The number of hydrogen-bond donors (Lipinski definition) is 0. The highest BCUT2D eigenvalue weighted by Crippen LogP contribution is 2.50. The Kier molecular flexibility index (Phi) is 7.81. The summed E-state index contributed by atoms with van der Waals surface area (Å²) in [5, 5.41) is 1.12. The number of fused-ring (bicyclic) bond motifs is 6. The Morgan fingerprint density at radius 2 is 1.40 bits per heavy atom. The molecule has 0 bridgehead atoms. The van der Waals surface area contributed by atoms with Gasteiger partial charge in [0.1, 0.15) is 11.3 Å². The largest absolute Gasteiger partial charge is 0.460 e. The SMILES string of the molecule is CC1C=C(N(C)c2ccccc2-c2ccc3c(c2)-c2ccccc2C3(C)C)C(c2nc(-c3ccccc3)nc(-c3ccc4c5c(oc4c3)CCC=C5)n2)=CC1. The van der Waals surface area contributed by atoms with Gasteiger partial charge in [-0.3, -0.25) is 0 Å². The molecule has 2 heterocycles. The van der Waals surface area contributed by atoms with Gasteiger partial charge in [-0.2, -0.15) is 0 Å². The highest BCUT2D eigenvalue weighted by molar-refractivity contribution is 5.93. The lowest BCUT2D eigenvalue weighted by atomic mass is 9.82. The minimum atomic E-state index is -0.0357. The molecule has 268 valence electrons. The lowest BCUT2D eigenvalue weighted by Crippen LogP contribution is -2.22. The summed E-state index contributed by atoms with van der Waals surface area (Å²) in [5.41, 5.74) is 14.8. The molecule has 0 saturated carbocycles. The topological polar surface area (TPSA) is 55.1 Å². The predicted octanol–water partition coefficient (Wildman–Crippen LogP) is 12.3. The number of benzene rings is 5. The summed E-state index contributed by atoms with van der Waals surface area (Å²) in [7, 11) is 2.17. The Bertz CT molecular complexity index is 2750. The number of anilines is 1. The van der Waals surface area contributed by atoms with Crippen LogP contribution in [-0.4, -0.2) is 22.0 Å². The second-order valence-corrected chi connectivity index (χ2v) is 15.7. The normalized spacial score (nSPS) is 16.6. The average Bonchev–Trinajstić information content (AvgIpc) is 3.71. The quantitative estimate of drug-likeness (QED) is 0.172. The molecule has 0 N–H and O–H groups in total. The van der Waals surface area contributed by atoms with Gasteiger partial charge in [-0.1, -0.05) is 136 Å². The first kappa shape index (κ1) is 33.3. The molecule has 2 aromatic heterocycles. The van der Waals surface area contributed by atoms with Gasteiger partial charge in [-0.15, -0.1) is 0 Å². The van der Waals surface area contributed by atoms with Crippen molar-refractivity contribution in [1.29, 1.82) is 0 Å². The molecule has 5 nitrogen and oxygen atoms in total. The van der Waals surface area contributed by atoms with E-state index in [1.54, 1.807) is 0 Å². The summed E-state index contributed by atoms with van der Waals surface area (Å²) in [6.45, 7) is 6.94. The summed E-state index contributed by atoms with van der Waals surface area (Å²) in [6.07, 6.45) is 11.9. The number of nitrogens with zero attached hydrogens (tertiary/aromatic N) is 4. The minimum absolute atomic E-state index is 0.0357. The second kappa shape index (κ2) is 12.9. The zero-order valence-electron chi connectivity index (χ0n) is 31.7. The molecule has 1 atom stereocenters. The monoisotopic (exact) mass is 714 g/mol. The van der Waals surface area contributed by atoms with E-state index in [9.17, 15) is 0 Å². The van der Waals surface area contributed by atoms with Gasteiger partial charge >= 0.3 is 0 Å². The Hall–Kier alpha value is -6.33. The first-order valence-electron chi connectivity index (χ1n) is 19.4. The molecule has 3 aliphatic rings. The van der Waals surface area contributed by atoms with Crippen LogP contribution in [0, 0.1) is 5.92 Å². The van der Waals surface area contributed by atoms with Gasteiger partial charge in [-0.25, -0.2) is 15.0 Å². The number of aromatic nitrogens is 3. The average molecular weight is 715 g/mol. The van der Waals surface area contributed by atoms with Gasteiger partial charge in [0.05, 0.1) is 0 Å². The van der Waals surface area contributed by atoms with E-state index in [1.807, 2.05) is 18.2 Å². The molecule has 10 rings (SSSR count). The minimum Gasteiger partial charge on any atom is -0.460 e. The third-order valence-electron chi connectivity index (χ3n) is 11.7. The van der Waals surface area contributed by atoms with Crippen molar-refractivity contribution in [3.8, 4) is 45.0 Å². The van der Waals surface area contributed by atoms with Crippen molar-refractivity contribution in [3.05, 3.63) is 167 Å². The van der Waals surface area contributed by atoms with Crippen LogP contribution in [0.1, 0.15) is 61.9 Å². The number of allylic oxidation sites excluding steroid dienone is 4. The van der Waals surface area contributed by atoms with Crippen LogP contribution < -0.4 is 4.90 Å². The van der Waals surface area contributed by atoms with E-state index in [0.717, 1.165) is 64.1 Å². The number of furan rings is 1. The summed E-state index contributed by atoms with van der Waals surface area (Å²) in [6, 6.07) is 41.1. The molecule has 0 fully saturated rings. The fourth-order valence-electron chi connectivity index (χ4n) is 8.79. The van der Waals surface area contributed by atoms with E-state index < -0.39 is 0 Å². The third kappa shape index (κ3) is 5.56. The fourth-order valence-corrected chi connectivity index (χ4v) is 8.79. The van der Waals surface area contributed by atoms with Gasteiger partial charge in [0.25, 0.3) is 0 Å². The van der Waals surface area contributed by atoms with Crippen molar-refractivity contribution in [2.75, 3.05) is 11.9 Å². The van der Waals surface area contributed by atoms with Crippen molar-refractivity contribution < 1.29 is 4.42 Å². The van der Waals surface area contributed by atoms with Crippen LogP contribution in [0.15, 0.2) is 144 Å². The smallest absolute Gasteiger partial charge is 0.165 e. The molecule has 0 spiro atoms. The summed E-state index contributed by atoms with van der Waals surface area (Å²) >= 11 is 0. The number of aryl methyl sites for hydroxylation is 1. The van der Waals surface area contributed by atoms with E-state index in [2.05, 4.69) is 154 Å². The predicted molar refractivity (Wildman–Crippen MR) is 226 cm³/mol. The first-order chi connectivity index (χ1) is 26.8. The van der Waals surface area contributed by atoms with Crippen LogP contribution in [0.4, 0.5) is 5.69 Å². The molecule has 3 aliphatic carbocycles. The van der Waals surface area contributed by atoms with Crippen molar-refractivity contribution in [2.45, 2.75) is 45.4 Å². The maximum atomic E-state index is 6.37. The zero-order chi connectivity index (χ0) is 37.3. The van der Waals surface area contributed by atoms with Gasteiger partial charge in [0.15, 0.2) is 17.5 Å². The Morgan fingerprint density at radius 1 is 0.691 bits per heavy atom. The van der Waals surface area contributed by atoms with E-state index in [0.29, 0.717) is 23.4 Å². The van der Waals surface area contributed by atoms with Crippen molar-refractivity contribution in [1.82, 2.24) is 15.0 Å². The second-order valence-electron chi connectivity index (χ2n) is 15.7. The van der Waals surface area contributed by atoms with Crippen LogP contribution in [0.25, 0.3) is 67.6 Å². The maximum absolute atomic E-state index is 6.37. The van der Waals surface area contributed by atoms with Crippen LogP contribution in [0.5, 0.6) is 0 Å². The van der Waals surface area contributed by atoms with E-state index in [1.165, 1.54) is 38.9 Å². The highest BCUT2D eigenvalue weighted by atomic mass is 16.3. The number of para-hydroxylation sites is 1. The zero-order valence-corrected chi connectivity index (χ0v) is 31.7. The third-order valence-corrected chi connectivity index (χ3v) is 11.7. The van der Waals surface area contributed by atoms with Crippen LogP contribution in [0.2, 0.25) is 0 Å². The molecule has 0 radical (unpaired) electrons. The van der Waals surface area contributed by atoms with Gasteiger partial charge in [0, 0.05) is 63.5 Å².